The van der Waals surface area contributed by atoms with Gasteiger partial charge >= 0.3 is 5.97 Å². The van der Waals surface area contributed by atoms with E-state index in [0.29, 0.717) is 5.16 Å². The molecule has 3 aromatic rings. The Labute approximate surface area is 147 Å². The van der Waals surface area contributed by atoms with E-state index in [2.05, 4.69) is 15.2 Å². The van der Waals surface area contributed by atoms with Crippen LogP contribution >= 0.6 is 23.1 Å². The van der Waals surface area contributed by atoms with Gasteiger partial charge in [-0.05, 0) is 45.1 Å². The molecule has 3 aromatic heterocycles. The molecule has 0 fully saturated rings. The van der Waals surface area contributed by atoms with Gasteiger partial charge in [0.05, 0.1) is 17.2 Å². The molecule has 4 rings (SSSR count). The fourth-order valence-electron chi connectivity index (χ4n) is 3.05. The number of carbonyl (C=O) groups is 1. The van der Waals surface area contributed by atoms with Gasteiger partial charge in [0, 0.05) is 4.88 Å². The molecule has 0 bridgehead atoms. The zero-order valence-corrected chi connectivity index (χ0v) is 15.2. The van der Waals surface area contributed by atoms with E-state index in [1.54, 1.807) is 17.7 Å². The average molecular weight is 362 g/mol. The summed E-state index contributed by atoms with van der Waals surface area (Å²) in [6, 6.07) is 0. The number of nitrogens with zero attached hydrogens (tertiary/aromatic N) is 4. The van der Waals surface area contributed by atoms with E-state index in [9.17, 15) is 4.79 Å². The molecular formula is C16H18N4O2S2. The topological polar surface area (TPSA) is 69.4 Å². The van der Waals surface area contributed by atoms with Crippen molar-refractivity contribution < 1.29 is 9.53 Å². The van der Waals surface area contributed by atoms with Crippen LogP contribution in [-0.2, 0) is 22.4 Å². The van der Waals surface area contributed by atoms with Crippen molar-refractivity contribution in [1.82, 2.24) is 19.6 Å². The molecule has 0 saturated heterocycles. The van der Waals surface area contributed by atoms with Crippen LogP contribution in [0.5, 0.6) is 0 Å². The van der Waals surface area contributed by atoms with Crippen LogP contribution in [0.4, 0.5) is 0 Å². The summed E-state index contributed by atoms with van der Waals surface area (Å²) >= 11 is 3.11. The Kier molecular flexibility index (Phi) is 4.17. The van der Waals surface area contributed by atoms with E-state index < -0.39 is 0 Å². The third-order valence-electron chi connectivity index (χ3n) is 4.02. The van der Waals surface area contributed by atoms with Gasteiger partial charge in [-0.15, -0.1) is 21.5 Å². The summed E-state index contributed by atoms with van der Waals surface area (Å²) in [5, 5.41) is 10.4. The van der Waals surface area contributed by atoms with E-state index in [0.717, 1.165) is 28.7 Å². The molecule has 0 atom stereocenters. The molecule has 0 aromatic carbocycles. The Bertz CT molecular complexity index is 916. The van der Waals surface area contributed by atoms with Crippen LogP contribution in [0.3, 0.4) is 0 Å². The van der Waals surface area contributed by atoms with Crippen LogP contribution in [-0.4, -0.2) is 37.4 Å². The van der Waals surface area contributed by atoms with Crippen molar-refractivity contribution in [1.29, 1.82) is 0 Å². The normalized spacial score (nSPS) is 14.5. The zero-order valence-electron chi connectivity index (χ0n) is 13.6. The summed E-state index contributed by atoms with van der Waals surface area (Å²) in [5.74, 6) is -0.0210. The quantitative estimate of drug-likeness (QED) is 0.524. The number of aryl methyl sites for hydroxylation is 2. The molecule has 0 N–H and O–H groups in total. The Balaban J connectivity index is 1.68. The standard InChI is InChI=1S/C16H18N4O2S2/c1-9(2)22-12(21)7-23-16-19-18-14-13-10-5-3-4-6-11(10)24-15(13)17-8-20(14)16/h8-9H,3-7H2,1-2H3. The molecule has 0 unspecified atom stereocenters. The smallest absolute Gasteiger partial charge is 0.316 e. The molecule has 0 spiro atoms. The number of thiophene rings is 1. The van der Waals surface area contributed by atoms with Crippen LogP contribution in [0, 0.1) is 0 Å². The van der Waals surface area contributed by atoms with Gasteiger partial charge in [0.15, 0.2) is 10.8 Å². The Morgan fingerprint density at radius 2 is 2.21 bits per heavy atom. The highest BCUT2D eigenvalue weighted by molar-refractivity contribution is 7.99. The van der Waals surface area contributed by atoms with Gasteiger partial charge in [-0.2, -0.15) is 0 Å². The summed E-state index contributed by atoms with van der Waals surface area (Å²) in [5.41, 5.74) is 2.24. The number of fused-ring (bicyclic) bond motifs is 5. The number of ether oxygens (including phenoxy) is 1. The van der Waals surface area contributed by atoms with Crippen molar-refractivity contribution in [2.45, 2.75) is 50.8 Å². The lowest BCUT2D eigenvalue weighted by atomic mass is 9.97. The van der Waals surface area contributed by atoms with Crippen LogP contribution in [0.1, 0.15) is 37.1 Å². The number of thioether (sulfide) groups is 1. The van der Waals surface area contributed by atoms with Crippen molar-refractivity contribution in [2.75, 3.05) is 5.75 Å². The molecule has 3 heterocycles. The van der Waals surface area contributed by atoms with E-state index in [1.807, 2.05) is 18.2 Å². The van der Waals surface area contributed by atoms with Gasteiger partial charge in [0.25, 0.3) is 0 Å². The molecule has 1 aliphatic rings. The van der Waals surface area contributed by atoms with E-state index in [1.165, 1.54) is 35.0 Å². The van der Waals surface area contributed by atoms with Crippen molar-refractivity contribution >= 4 is 44.9 Å². The summed E-state index contributed by atoms with van der Waals surface area (Å²) in [6.45, 7) is 3.69. The van der Waals surface area contributed by atoms with Gasteiger partial charge in [-0.25, -0.2) is 4.98 Å². The van der Waals surface area contributed by atoms with E-state index in [4.69, 9.17) is 4.74 Å². The van der Waals surface area contributed by atoms with E-state index in [-0.39, 0.29) is 17.8 Å². The lowest BCUT2D eigenvalue weighted by Gasteiger charge is -2.10. The molecule has 6 nitrogen and oxygen atoms in total. The minimum Gasteiger partial charge on any atom is -0.462 e. The number of aromatic nitrogens is 4. The lowest BCUT2D eigenvalue weighted by molar-refractivity contribution is -0.144. The predicted octanol–water partition coefficient (Wildman–Crippen LogP) is 3.26. The molecule has 0 saturated carbocycles. The summed E-state index contributed by atoms with van der Waals surface area (Å²) in [7, 11) is 0. The predicted molar refractivity (Wildman–Crippen MR) is 94.8 cm³/mol. The van der Waals surface area contributed by atoms with Crippen LogP contribution in [0.25, 0.3) is 15.9 Å². The molecule has 0 amide bonds. The maximum Gasteiger partial charge on any atom is 0.316 e. The van der Waals surface area contributed by atoms with Gasteiger partial charge < -0.3 is 4.74 Å². The number of esters is 1. The molecule has 0 radical (unpaired) electrons. The lowest BCUT2D eigenvalue weighted by Crippen LogP contribution is -2.13. The van der Waals surface area contributed by atoms with Crippen molar-refractivity contribution in [3.8, 4) is 0 Å². The van der Waals surface area contributed by atoms with Gasteiger partial charge in [0.2, 0.25) is 0 Å². The maximum absolute atomic E-state index is 11.7. The molecule has 24 heavy (non-hydrogen) atoms. The second-order valence-electron chi connectivity index (χ2n) is 6.14. The minimum atomic E-state index is -0.242. The summed E-state index contributed by atoms with van der Waals surface area (Å²) in [6.07, 6.45) is 6.35. The first-order chi connectivity index (χ1) is 11.6. The zero-order chi connectivity index (χ0) is 16.7. The molecular weight excluding hydrogens is 344 g/mol. The first-order valence-corrected chi connectivity index (χ1v) is 9.90. The first-order valence-electron chi connectivity index (χ1n) is 8.09. The fraction of sp³-hybridized carbons (Fsp3) is 0.500. The third kappa shape index (κ3) is 2.77. The molecule has 126 valence electrons. The van der Waals surface area contributed by atoms with Crippen molar-refractivity contribution in [3.05, 3.63) is 16.8 Å². The highest BCUT2D eigenvalue weighted by atomic mass is 32.2. The number of hydrogen-bond acceptors (Lipinski definition) is 7. The Hall–Kier alpha value is -1.67. The maximum atomic E-state index is 11.7. The molecule has 1 aliphatic carbocycles. The number of carbonyl (C=O) groups excluding carboxylic acids is 1. The monoisotopic (exact) mass is 362 g/mol. The Morgan fingerprint density at radius 1 is 1.38 bits per heavy atom. The van der Waals surface area contributed by atoms with Gasteiger partial charge in [-0.1, -0.05) is 11.8 Å². The van der Waals surface area contributed by atoms with Crippen molar-refractivity contribution in [3.63, 3.8) is 0 Å². The largest absolute Gasteiger partial charge is 0.462 e. The minimum absolute atomic E-state index is 0.105. The third-order valence-corrected chi connectivity index (χ3v) is 6.13. The first kappa shape index (κ1) is 15.8. The highest BCUT2D eigenvalue weighted by Crippen LogP contribution is 2.37. The average Bonchev–Trinajstić information content (AvgIpc) is 3.12. The Morgan fingerprint density at radius 3 is 3.04 bits per heavy atom. The van der Waals surface area contributed by atoms with Gasteiger partial charge in [0.1, 0.15) is 11.2 Å². The second-order valence-corrected chi connectivity index (χ2v) is 8.17. The SMILES string of the molecule is CC(C)OC(=O)CSc1nnc2c3c4c(sc3ncn12)CCCC4. The summed E-state index contributed by atoms with van der Waals surface area (Å²) < 4.78 is 7.05. The summed E-state index contributed by atoms with van der Waals surface area (Å²) in [4.78, 5) is 18.8. The fourth-order valence-corrected chi connectivity index (χ4v) is 4.96. The van der Waals surface area contributed by atoms with Crippen LogP contribution < -0.4 is 0 Å². The number of hydrogen-bond donors (Lipinski definition) is 0. The highest BCUT2D eigenvalue weighted by Gasteiger charge is 2.21. The van der Waals surface area contributed by atoms with E-state index >= 15 is 0 Å². The number of rotatable bonds is 4. The van der Waals surface area contributed by atoms with Crippen molar-refractivity contribution in [2.24, 2.45) is 0 Å². The van der Waals surface area contributed by atoms with Crippen LogP contribution in [0.15, 0.2) is 11.5 Å². The van der Waals surface area contributed by atoms with Gasteiger partial charge in [-0.3, -0.25) is 9.20 Å². The second kappa shape index (κ2) is 6.33. The molecule has 0 aliphatic heterocycles. The van der Waals surface area contributed by atoms with Crippen LogP contribution in [0.2, 0.25) is 0 Å². The molecule has 8 heteroatoms.